The van der Waals surface area contributed by atoms with Crippen molar-refractivity contribution in [3.8, 4) is 5.75 Å². The van der Waals surface area contributed by atoms with Crippen LogP contribution in [0.3, 0.4) is 0 Å². The van der Waals surface area contributed by atoms with Crippen molar-refractivity contribution in [3.63, 3.8) is 0 Å². The van der Waals surface area contributed by atoms with Crippen LogP contribution in [0.5, 0.6) is 5.75 Å². The number of urea groups is 1. The molecule has 0 spiro atoms. The number of hydrogen-bond donors (Lipinski definition) is 4. The van der Waals surface area contributed by atoms with Crippen LogP contribution in [0.1, 0.15) is 36.5 Å². The summed E-state index contributed by atoms with van der Waals surface area (Å²) in [4.78, 5) is 22.9. The molecule has 6 heteroatoms. The van der Waals surface area contributed by atoms with Crippen molar-refractivity contribution < 1.29 is 19.8 Å². The third kappa shape index (κ3) is 4.11. The van der Waals surface area contributed by atoms with Crippen LogP contribution >= 0.6 is 0 Å². The second-order valence-corrected chi connectivity index (χ2v) is 5.65. The van der Waals surface area contributed by atoms with Crippen molar-refractivity contribution in [1.82, 2.24) is 5.32 Å². The highest BCUT2D eigenvalue weighted by atomic mass is 16.4. The summed E-state index contributed by atoms with van der Waals surface area (Å²) in [6, 6.07) is 3.38. The average Bonchev–Trinajstić information content (AvgIpc) is 2.84. The van der Waals surface area contributed by atoms with Gasteiger partial charge >= 0.3 is 12.0 Å². The van der Waals surface area contributed by atoms with E-state index in [1.807, 2.05) is 0 Å². The molecule has 0 saturated heterocycles. The first-order chi connectivity index (χ1) is 9.95. The fourth-order valence-corrected chi connectivity index (χ4v) is 2.73. The van der Waals surface area contributed by atoms with E-state index >= 15 is 0 Å². The molecule has 2 unspecified atom stereocenters. The number of hydrogen-bond acceptors (Lipinski definition) is 3. The van der Waals surface area contributed by atoms with Gasteiger partial charge in [-0.15, -0.1) is 0 Å². The summed E-state index contributed by atoms with van der Waals surface area (Å²) in [5.41, 5.74) is 0.0252. The SMILES string of the molecule is CC1CCC(CNC(=O)Nc2ccc(O)cc2C(=O)O)C1. The lowest BCUT2D eigenvalue weighted by Gasteiger charge is -2.13. The summed E-state index contributed by atoms with van der Waals surface area (Å²) < 4.78 is 0. The molecule has 1 aliphatic carbocycles. The number of nitrogens with one attached hydrogen (secondary N) is 2. The fourth-order valence-electron chi connectivity index (χ4n) is 2.73. The van der Waals surface area contributed by atoms with Crippen molar-refractivity contribution in [2.75, 3.05) is 11.9 Å². The predicted molar refractivity (Wildman–Crippen MR) is 78.6 cm³/mol. The largest absolute Gasteiger partial charge is 0.508 e. The van der Waals surface area contributed by atoms with Crippen LogP contribution in [0.15, 0.2) is 18.2 Å². The molecule has 6 nitrogen and oxygen atoms in total. The fraction of sp³-hybridized carbons (Fsp3) is 0.467. The number of aromatic hydroxyl groups is 1. The van der Waals surface area contributed by atoms with E-state index in [4.69, 9.17) is 5.11 Å². The lowest BCUT2D eigenvalue weighted by atomic mass is 10.1. The summed E-state index contributed by atoms with van der Waals surface area (Å²) >= 11 is 0. The standard InChI is InChI=1S/C15H20N2O4/c1-9-2-3-10(6-9)8-16-15(21)17-13-5-4-11(18)7-12(13)14(19)20/h4-5,7,9-10,18H,2-3,6,8H2,1H3,(H,19,20)(H2,16,17,21). The minimum absolute atomic E-state index is 0.139. The van der Waals surface area contributed by atoms with Crippen molar-refractivity contribution in [1.29, 1.82) is 0 Å². The van der Waals surface area contributed by atoms with Gasteiger partial charge in [0.15, 0.2) is 0 Å². The Morgan fingerprint density at radius 1 is 1.33 bits per heavy atom. The number of benzene rings is 1. The van der Waals surface area contributed by atoms with Crippen molar-refractivity contribution >= 4 is 17.7 Å². The van der Waals surface area contributed by atoms with Crippen LogP contribution in [0, 0.1) is 11.8 Å². The number of carbonyl (C=O) groups is 2. The molecule has 1 aliphatic rings. The molecule has 1 aromatic rings. The Kier molecular flexibility index (Phi) is 4.67. The minimum Gasteiger partial charge on any atom is -0.508 e. The first-order valence-corrected chi connectivity index (χ1v) is 7.07. The van der Waals surface area contributed by atoms with Gasteiger partial charge in [-0.25, -0.2) is 9.59 Å². The summed E-state index contributed by atoms with van der Waals surface area (Å²) in [7, 11) is 0. The van der Waals surface area contributed by atoms with E-state index in [0.29, 0.717) is 18.4 Å². The van der Waals surface area contributed by atoms with E-state index < -0.39 is 12.0 Å². The number of phenolic OH excluding ortho intramolecular Hbond substituents is 1. The van der Waals surface area contributed by atoms with Gasteiger partial charge in [0.1, 0.15) is 5.75 Å². The number of carboxylic acids is 1. The van der Waals surface area contributed by atoms with Gasteiger partial charge in [0.05, 0.1) is 11.3 Å². The maximum absolute atomic E-state index is 11.8. The Balaban J connectivity index is 1.92. The van der Waals surface area contributed by atoms with Crippen molar-refractivity contribution in [3.05, 3.63) is 23.8 Å². The maximum atomic E-state index is 11.8. The van der Waals surface area contributed by atoms with Crippen LogP contribution in [0.25, 0.3) is 0 Å². The van der Waals surface area contributed by atoms with Gasteiger partial charge in [0.2, 0.25) is 0 Å². The van der Waals surface area contributed by atoms with E-state index in [1.165, 1.54) is 18.6 Å². The van der Waals surface area contributed by atoms with Gasteiger partial charge in [0.25, 0.3) is 0 Å². The third-order valence-electron chi connectivity index (χ3n) is 3.84. The number of carboxylic acid groups (broad SMARTS) is 1. The van der Waals surface area contributed by atoms with Gasteiger partial charge in [-0.05, 0) is 42.9 Å². The van der Waals surface area contributed by atoms with E-state index in [0.717, 1.165) is 18.9 Å². The zero-order valence-electron chi connectivity index (χ0n) is 11.9. The van der Waals surface area contributed by atoms with Gasteiger partial charge in [-0.3, -0.25) is 0 Å². The molecule has 21 heavy (non-hydrogen) atoms. The lowest BCUT2D eigenvalue weighted by molar-refractivity contribution is 0.0697. The molecule has 0 radical (unpaired) electrons. The number of rotatable bonds is 4. The third-order valence-corrected chi connectivity index (χ3v) is 3.84. The number of carbonyl (C=O) groups excluding carboxylic acids is 1. The highest BCUT2D eigenvalue weighted by Gasteiger charge is 2.21. The van der Waals surface area contributed by atoms with E-state index in [2.05, 4.69) is 17.6 Å². The maximum Gasteiger partial charge on any atom is 0.337 e. The molecule has 2 atom stereocenters. The number of phenols is 1. The molecule has 114 valence electrons. The molecular weight excluding hydrogens is 272 g/mol. The molecular formula is C15H20N2O4. The summed E-state index contributed by atoms with van der Waals surface area (Å²) in [6.45, 7) is 2.80. The smallest absolute Gasteiger partial charge is 0.337 e. The van der Waals surface area contributed by atoms with E-state index in [9.17, 15) is 14.7 Å². The van der Waals surface area contributed by atoms with Gasteiger partial charge in [-0.2, -0.15) is 0 Å². The molecule has 2 rings (SSSR count). The summed E-state index contributed by atoms with van der Waals surface area (Å²) in [6.07, 6.45) is 3.41. The Hall–Kier alpha value is -2.24. The van der Waals surface area contributed by atoms with Gasteiger partial charge in [0, 0.05) is 6.54 Å². The minimum atomic E-state index is -1.20. The highest BCUT2D eigenvalue weighted by molar-refractivity contribution is 6.00. The lowest BCUT2D eigenvalue weighted by Crippen LogP contribution is -2.33. The summed E-state index contributed by atoms with van der Waals surface area (Å²) in [5, 5.41) is 23.6. The molecule has 1 saturated carbocycles. The molecule has 0 aliphatic heterocycles. The second kappa shape index (κ2) is 6.47. The normalized spacial score (nSPS) is 21.0. The Morgan fingerprint density at radius 3 is 2.71 bits per heavy atom. The molecule has 0 heterocycles. The Labute approximate surface area is 123 Å². The number of amides is 2. The summed E-state index contributed by atoms with van der Waals surface area (Å²) in [5.74, 6) is -0.163. The van der Waals surface area contributed by atoms with Crippen LogP contribution < -0.4 is 10.6 Å². The van der Waals surface area contributed by atoms with E-state index in [1.54, 1.807) is 0 Å². The molecule has 1 fully saturated rings. The zero-order valence-corrected chi connectivity index (χ0v) is 11.9. The van der Waals surface area contributed by atoms with Crippen LogP contribution in [0.4, 0.5) is 10.5 Å². The zero-order chi connectivity index (χ0) is 15.4. The average molecular weight is 292 g/mol. The van der Waals surface area contributed by atoms with Crippen LogP contribution in [-0.4, -0.2) is 28.8 Å². The van der Waals surface area contributed by atoms with Gasteiger partial charge < -0.3 is 20.8 Å². The number of anilines is 1. The van der Waals surface area contributed by atoms with Crippen LogP contribution in [-0.2, 0) is 0 Å². The Bertz CT molecular complexity index is 544. The molecule has 1 aromatic carbocycles. The first kappa shape index (κ1) is 15.2. The molecule has 0 aromatic heterocycles. The molecule has 2 amide bonds. The highest BCUT2D eigenvalue weighted by Crippen LogP contribution is 2.29. The van der Waals surface area contributed by atoms with E-state index in [-0.39, 0.29) is 17.0 Å². The van der Waals surface area contributed by atoms with Gasteiger partial charge in [-0.1, -0.05) is 13.3 Å². The molecule has 4 N–H and O–H groups in total. The number of aromatic carboxylic acids is 1. The first-order valence-electron chi connectivity index (χ1n) is 7.07. The Morgan fingerprint density at radius 2 is 2.10 bits per heavy atom. The molecule has 0 bridgehead atoms. The quantitative estimate of drug-likeness (QED) is 0.641. The predicted octanol–water partition coefficient (Wildman–Crippen LogP) is 2.65. The van der Waals surface area contributed by atoms with Crippen molar-refractivity contribution in [2.24, 2.45) is 11.8 Å². The van der Waals surface area contributed by atoms with Crippen molar-refractivity contribution in [2.45, 2.75) is 26.2 Å². The van der Waals surface area contributed by atoms with Crippen LogP contribution in [0.2, 0.25) is 0 Å². The second-order valence-electron chi connectivity index (χ2n) is 5.65. The topological polar surface area (TPSA) is 98.7 Å². The monoisotopic (exact) mass is 292 g/mol.